The van der Waals surface area contributed by atoms with Gasteiger partial charge >= 0.3 is 6.18 Å². The van der Waals surface area contributed by atoms with Gasteiger partial charge in [0.1, 0.15) is 6.07 Å². The molecule has 0 N–H and O–H groups in total. The van der Waals surface area contributed by atoms with Gasteiger partial charge in [0.15, 0.2) is 11.5 Å². The van der Waals surface area contributed by atoms with Gasteiger partial charge in [0.05, 0.1) is 43.3 Å². The standard InChI is InChI=1S/C27H21F3N4O2/c1-35-24-11-8-19(13-25(24)36-2)26-21(17-34(33-26)16-18-6-4-3-5-7-18)12-20(14-31)23-10-9-22(15-32-23)27(28,29)30/h3-13,15,17H,16H2,1-2H3/b20-12+. The maximum atomic E-state index is 12.9. The molecule has 6 nitrogen and oxygen atoms in total. The van der Waals surface area contributed by atoms with E-state index in [1.165, 1.54) is 20.3 Å². The van der Waals surface area contributed by atoms with Gasteiger partial charge in [-0.1, -0.05) is 30.3 Å². The van der Waals surface area contributed by atoms with E-state index in [2.05, 4.69) is 4.98 Å². The van der Waals surface area contributed by atoms with Crippen LogP contribution >= 0.6 is 0 Å². The molecule has 4 rings (SSSR count). The molecule has 0 radical (unpaired) electrons. The summed E-state index contributed by atoms with van der Waals surface area (Å²) in [6.45, 7) is 0.482. The third-order valence-electron chi connectivity index (χ3n) is 5.42. The molecule has 2 aromatic heterocycles. The largest absolute Gasteiger partial charge is 0.493 e. The van der Waals surface area contributed by atoms with Gasteiger partial charge < -0.3 is 9.47 Å². The second-order valence-corrected chi connectivity index (χ2v) is 7.79. The maximum absolute atomic E-state index is 12.9. The predicted octanol–water partition coefficient (Wildman–Crippen LogP) is 6.09. The molecule has 2 heterocycles. The third-order valence-corrected chi connectivity index (χ3v) is 5.42. The molecular weight excluding hydrogens is 469 g/mol. The Bertz CT molecular complexity index is 1420. The van der Waals surface area contributed by atoms with E-state index in [9.17, 15) is 18.4 Å². The number of halogens is 3. The molecule has 2 aromatic carbocycles. The second kappa shape index (κ2) is 10.4. The number of hydrogen-bond acceptors (Lipinski definition) is 5. The molecule has 0 saturated carbocycles. The maximum Gasteiger partial charge on any atom is 0.417 e. The Morgan fingerprint density at radius 1 is 1.03 bits per heavy atom. The monoisotopic (exact) mass is 490 g/mol. The lowest BCUT2D eigenvalue weighted by Gasteiger charge is -2.09. The Morgan fingerprint density at radius 2 is 1.78 bits per heavy atom. The number of ether oxygens (including phenoxy) is 2. The van der Waals surface area contributed by atoms with Crippen LogP contribution in [0.15, 0.2) is 73.1 Å². The Labute approximate surface area is 205 Å². The van der Waals surface area contributed by atoms with Crippen molar-refractivity contribution in [2.75, 3.05) is 14.2 Å². The fourth-order valence-electron chi connectivity index (χ4n) is 3.64. The lowest BCUT2D eigenvalue weighted by atomic mass is 10.0. The van der Waals surface area contributed by atoms with Crippen LogP contribution in [0.25, 0.3) is 22.9 Å². The lowest BCUT2D eigenvalue weighted by Crippen LogP contribution is -2.05. The number of alkyl halides is 3. The van der Waals surface area contributed by atoms with Crippen LogP contribution in [0.4, 0.5) is 13.2 Å². The SMILES string of the molecule is COc1ccc(-c2nn(Cc3ccccc3)cc2/C=C(\C#N)c2ccc(C(F)(F)F)cn2)cc1OC. The molecule has 182 valence electrons. The Morgan fingerprint density at radius 3 is 2.39 bits per heavy atom. The van der Waals surface area contributed by atoms with Crippen molar-refractivity contribution in [1.82, 2.24) is 14.8 Å². The van der Waals surface area contributed by atoms with Gasteiger partial charge in [0.25, 0.3) is 0 Å². The number of pyridine rings is 1. The summed E-state index contributed by atoms with van der Waals surface area (Å²) in [6.07, 6.45) is -0.452. The molecule has 0 aliphatic rings. The molecule has 0 unspecified atom stereocenters. The van der Waals surface area contributed by atoms with Crippen LogP contribution in [-0.2, 0) is 12.7 Å². The summed E-state index contributed by atoms with van der Waals surface area (Å²) in [4.78, 5) is 3.86. The predicted molar refractivity (Wildman–Crippen MR) is 129 cm³/mol. The first-order chi connectivity index (χ1) is 17.3. The van der Waals surface area contributed by atoms with Crippen molar-refractivity contribution in [3.63, 3.8) is 0 Å². The topological polar surface area (TPSA) is 73.0 Å². The average molecular weight is 490 g/mol. The van der Waals surface area contributed by atoms with Crippen LogP contribution in [0.5, 0.6) is 11.5 Å². The van der Waals surface area contributed by atoms with E-state index < -0.39 is 11.7 Å². The molecule has 0 fully saturated rings. The van der Waals surface area contributed by atoms with E-state index in [1.807, 2.05) is 42.5 Å². The Kier molecular flexibility index (Phi) is 7.06. The van der Waals surface area contributed by atoms with Gasteiger partial charge in [-0.15, -0.1) is 0 Å². The fourth-order valence-corrected chi connectivity index (χ4v) is 3.64. The highest BCUT2D eigenvalue weighted by atomic mass is 19.4. The highest BCUT2D eigenvalue weighted by Gasteiger charge is 2.30. The van der Waals surface area contributed by atoms with E-state index >= 15 is 0 Å². The van der Waals surface area contributed by atoms with Crippen molar-refractivity contribution in [3.05, 3.63) is 95.4 Å². The molecular formula is C27H21F3N4O2. The highest BCUT2D eigenvalue weighted by Crippen LogP contribution is 2.34. The zero-order valence-corrected chi connectivity index (χ0v) is 19.5. The number of hydrogen-bond donors (Lipinski definition) is 0. The summed E-state index contributed by atoms with van der Waals surface area (Å²) in [5.74, 6) is 1.06. The molecule has 0 atom stereocenters. The first kappa shape index (κ1) is 24.5. The number of nitrogens with zero attached hydrogens (tertiary/aromatic N) is 4. The minimum absolute atomic E-state index is 0.102. The smallest absolute Gasteiger partial charge is 0.417 e. The summed E-state index contributed by atoms with van der Waals surface area (Å²) in [7, 11) is 3.07. The van der Waals surface area contributed by atoms with E-state index in [0.717, 1.165) is 11.6 Å². The molecule has 0 bridgehead atoms. The highest BCUT2D eigenvalue weighted by molar-refractivity contribution is 5.91. The van der Waals surface area contributed by atoms with Crippen molar-refractivity contribution in [1.29, 1.82) is 5.26 Å². The number of rotatable bonds is 7. The van der Waals surface area contributed by atoms with E-state index in [1.54, 1.807) is 29.1 Å². The van der Waals surface area contributed by atoms with Gasteiger partial charge in [0, 0.05) is 23.5 Å². The first-order valence-corrected chi connectivity index (χ1v) is 10.8. The molecule has 9 heteroatoms. The number of benzene rings is 2. The van der Waals surface area contributed by atoms with E-state index in [4.69, 9.17) is 14.6 Å². The molecule has 0 saturated heterocycles. The van der Waals surface area contributed by atoms with Gasteiger partial charge in [-0.25, -0.2) is 0 Å². The zero-order valence-electron chi connectivity index (χ0n) is 19.5. The van der Waals surface area contributed by atoms with Gasteiger partial charge in [0.2, 0.25) is 0 Å². The van der Waals surface area contributed by atoms with Crippen LogP contribution in [-0.4, -0.2) is 29.0 Å². The van der Waals surface area contributed by atoms with Crippen LogP contribution in [0, 0.1) is 11.3 Å². The van der Waals surface area contributed by atoms with Crippen LogP contribution < -0.4 is 9.47 Å². The molecule has 0 spiro atoms. The number of methoxy groups -OCH3 is 2. The third kappa shape index (κ3) is 5.39. The summed E-state index contributed by atoms with van der Waals surface area (Å²) < 4.78 is 51.3. The number of allylic oxidation sites excluding steroid dienone is 1. The molecule has 4 aromatic rings. The molecule has 36 heavy (non-hydrogen) atoms. The van der Waals surface area contributed by atoms with Gasteiger partial charge in [-0.2, -0.15) is 23.5 Å². The normalized spacial score (nSPS) is 11.7. The van der Waals surface area contributed by atoms with Crippen LogP contribution in [0.2, 0.25) is 0 Å². The minimum Gasteiger partial charge on any atom is -0.493 e. The van der Waals surface area contributed by atoms with Crippen molar-refractivity contribution in [2.24, 2.45) is 0 Å². The lowest BCUT2D eigenvalue weighted by molar-refractivity contribution is -0.137. The fraction of sp³-hybridized carbons (Fsp3) is 0.148. The summed E-state index contributed by atoms with van der Waals surface area (Å²) in [5.41, 5.74) is 2.24. The molecule has 0 amide bonds. The summed E-state index contributed by atoms with van der Waals surface area (Å²) in [6, 6.07) is 19.2. The molecule has 0 aliphatic carbocycles. The average Bonchev–Trinajstić information content (AvgIpc) is 3.28. The van der Waals surface area contributed by atoms with E-state index in [0.29, 0.717) is 41.1 Å². The summed E-state index contributed by atoms with van der Waals surface area (Å²) >= 11 is 0. The van der Waals surface area contributed by atoms with E-state index in [-0.39, 0.29) is 11.3 Å². The second-order valence-electron chi connectivity index (χ2n) is 7.79. The summed E-state index contributed by atoms with van der Waals surface area (Å²) in [5, 5.41) is 14.5. The van der Waals surface area contributed by atoms with Crippen molar-refractivity contribution >= 4 is 11.6 Å². The van der Waals surface area contributed by atoms with Gasteiger partial charge in [-0.3, -0.25) is 9.67 Å². The number of nitriles is 1. The Hall–Kier alpha value is -4.58. The van der Waals surface area contributed by atoms with Crippen LogP contribution in [0.1, 0.15) is 22.4 Å². The molecule has 0 aliphatic heterocycles. The zero-order chi connectivity index (χ0) is 25.7. The first-order valence-electron chi connectivity index (χ1n) is 10.8. The minimum atomic E-state index is -4.51. The Balaban J connectivity index is 1.80. The quantitative estimate of drug-likeness (QED) is 0.293. The van der Waals surface area contributed by atoms with Crippen molar-refractivity contribution in [3.8, 4) is 28.8 Å². The number of aromatic nitrogens is 3. The van der Waals surface area contributed by atoms with Crippen LogP contribution in [0.3, 0.4) is 0 Å². The van der Waals surface area contributed by atoms with Crippen molar-refractivity contribution < 1.29 is 22.6 Å². The van der Waals surface area contributed by atoms with Crippen molar-refractivity contribution in [2.45, 2.75) is 12.7 Å². The van der Waals surface area contributed by atoms with Gasteiger partial charge in [-0.05, 0) is 42.0 Å².